The lowest BCUT2D eigenvalue weighted by Crippen LogP contribution is -1.97. The van der Waals surface area contributed by atoms with Gasteiger partial charge in [0.1, 0.15) is 6.61 Å². The van der Waals surface area contributed by atoms with Crippen molar-refractivity contribution < 1.29 is 4.84 Å². The average Bonchev–Trinajstić information content (AvgIpc) is 2.34. The molecule has 0 bridgehead atoms. The molecule has 0 saturated carbocycles. The van der Waals surface area contributed by atoms with Gasteiger partial charge in [0.25, 0.3) is 0 Å². The molecule has 0 amide bonds. The van der Waals surface area contributed by atoms with Crippen LogP contribution >= 0.6 is 0 Å². The van der Waals surface area contributed by atoms with Gasteiger partial charge in [-0.25, -0.2) is 0 Å². The van der Waals surface area contributed by atoms with E-state index in [-0.39, 0.29) is 0 Å². The van der Waals surface area contributed by atoms with E-state index in [0.717, 1.165) is 12.1 Å². The fraction of sp³-hybridized carbons (Fsp3) is 0.750. The van der Waals surface area contributed by atoms with Gasteiger partial charge >= 0.3 is 0 Å². The van der Waals surface area contributed by atoms with Crippen LogP contribution in [0.5, 0.6) is 0 Å². The summed E-state index contributed by atoms with van der Waals surface area (Å²) in [7, 11) is 0. The van der Waals surface area contributed by atoms with Gasteiger partial charge in [0.2, 0.25) is 0 Å². The lowest BCUT2D eigenvalue weighted by atomic mass is 10.3. The van der Waals surface area contributed by atoms with E-state index < -0.39 is 0 Å². The first kappa shape index (κ1) is 5.91. The highest BCUT2D eigenvalue weighted by molar-refractivity contribution is 5.86. The standard InChI is InChI=1S/C4H6N4O/c5-8-6-3-4-1-2-9-7-4/h1-3H2. The molecule has 5 nitrogen and oxygen atoms in total. The molecule has 0 aromatic heterocycles. The van der Waals surface area contributed by atoms with Gasteiger partial charge in [-0.05, 0) is 5.53 Å². The zero-order chi connectivity index (χ0) is 6.53. The van der Waals surface area contributed by atoms with Gasteiger partial charge in [-0.1, -0.05) is 10.3 Å². The van der Waals surface area contributed by atoms with Gasteiger partial charge in [-0.15, -0.1) is 0 Å². The quantitative estimate of drug-likeness (QED) is 0.310. The summed E-state index contributed by atoms with van der Waals surface area (Å²) < 4.78 is 0. The Hall–Kier alpha value is -1.22. The highest BCUT2D eigenvalue weighted by Crippen LogP contribution is 1.99. The monoisotopic (exact) mass is 126 g/mol. The molecule has 9 heavy (non-hydrogen) atoms. The second-order valence-electron chi connectivity index (χ2n) is 1.63. The van der Waals surface area contributed by atoms with E-state index in [9.17, 15) is 0 Å². The van der Waals surface area contributed by atoms with E-state index >= 15 is 0 Å². The Labute approximate surface area is 51.9 Å². The Balaban J connectivity index is 2.34. The molecule has 0 aromatic carbocycles. The first-order valence-corrected chi connectivity index (χ1v) is 2.62. The normalized spacial score (nSPS) is 15.8. The van der Waals surface area contributed by atoms with Crippen LogP contribution in [0.2, 0.25) is 0 Å². The van der Waals surface area contributed by atoms with Crippen LogP contribution in [0.3, 0.4) is 0 Å². The summed E-state index contributed by atoms with van der Waals surface area (Å²) in [4.78, 5) is 7.25. The zero-order valence-electron chi connectivity index (χ0n) is 4.82. The minimum Gasteiger partial charge on any atom is -0.395 e. The van der Waals surface area contributed by atoms with Crippen molar-refractivity contribution in [1.29, 1.82) is 0 Å². The molecule has 0 radical (unpaired) electrons. The van der Waals surface area contributed by atoms with E-state index in [0.29, 0.717) is 13.2 Å². The number of rotatable bonds is 2. The lowest BCUT2D eigenvalue weighted by Gasteiger charge is -1.82. The fourth-order valence-corrected chi connectivity index (χ4v) is 0.567. The summed E-state index contributed by atoms with van der Waals surface area (Å²) in [6.07, 6.45) is 0.791. The van der Waals surface area contributed by atoms with Gasteiger partial charge in [0, 0.05) is 11.3 Å². The number of hydrogen-bond donors (Lipinski definition) is 0. The minimum absolute atomic E-state index is 0.344. The minimum atomic E-state index is 0.344. The van der Waals surface area contributed by atoms with Crippen molar-refractivity contribution in [1.82, 2.24) is 0 Å². The van der Waals surface area contributed by atoms with Crippen LogP contribution in [0.1, 0.15) is 6.42 Å². The van der Waals surface area contributed by atoms with Gasteiger partial charge in [0.15, 0.2) is 0 Å². The van der Waals surface area contributed by atoms with Crippen molar-refractivity contribution in [3.8, 4) is 0 Å². The second-order valence-corrected chi connectivity index (χ2v) is 1.63. The van der Waals surface area contributed by atoms with Crippen LogP contribution in [-0.4, -0.2) is 18.9 Å². The van der Waals surface area contributed by atoms with Crippen LogP contribution in [0, 0.1) is 0 Å². The topological polar surface area (TPSA) is 70.4 Å². The van der Waals surface area contributed by atoms with Crippen molar-refractivity contribution in [3.63, 3.8) is 0 Å². The van der Waals surface area contributed by atoms with Crippen molar-refractivity contribution in [3.05, 3.63) is 10.4 Å². The Kier molecular flexibility index (Phi) is 1.93. The summed E-state index contributed by atoms with van der Waals surface area (Å²) in [6.45, 7) is 0.965. The van der Waals surface area contributed by atoms with Crippen molar-refractivity contribution in [2.24, 2.45) is 10.3 Å². The highest BCUT2D eigenvalue weighted by atomic mass is 16.6. The summed E-state index contributed by atoms with van der Waals surface area (Å²) in [5.41, 5.74) is 8.72. The smallest absolute Gasteiger partial charge is 0.122 e. The van der Waals surface area contributed by atoms with Crippen molar-refractivity contribution >= 4 is 5.71 Å². The Morgan fingerprint density at radius 3 is 3.33 bits per heavy atom. The third-order valence-electron chi connectivity index (χ3n) is 0.992. The molecule has 1 heterocycles. The third-order valence-corrected chi connectivity index (χ3v) is 0.992. The molecule has 0 saturated heterocycles. The van der Waals surface area contributed by atoms with Crippen molar-refractivity contribution in [2.45, 2.75) is 6.42 Å². The molecule has 1 rings (SSSR count). The Bertz CT molecular complexity index is 169. The molecule has 0 spiro atoms. The van der Waals surface area contributed by atoms with E-state index in [1.807, 2.05) is 0 Å². The van der Waals surface area contributed by atoms with E-state index in [1.54, 1.807) is 0 Å². The summed E-state index contributed by atoms with van der Waals surface area (Å²) in [6, 6.07) is 0. The molecular formula is C4H6N4O. The predicted molar refractivity (Wildman–Crippen MR) is 32.0 cm³/mol. The number of hydrogen-bond acceptors (Lipinski definition) is 3. The molecule has 0 N–H and O–H groups in total. The molecule has 0 aliphatic carbocycles. The van der Waals surface area contributed by atoms with E-state index in [2.05, 4.69) is 20.0 Å². The van der Waals surface area contributed by atoms with Crippen molar-refractivity contribution in [2.75, 3.05) is 13.2 Å². The highest BCUT2D eigenvalue weighted by Gasteiger charge is 2.04. The predicted octanol–water partition coefficient (Wildman–Crippen LogP) is 1.07. The Morgan fingerprint density at radius 1 is 1.89 bits per heavy atom. The summed E-state index contributed by atoms with van der Waals surface area (Å²) >= 11 is 0. The number of oxime groups is 1. The molecule has 0 aromatic rings. The first-order chi connectivity index (χ1) is 4.43. The van der Waals surface area contributed by atoms with Crippen LogP contribution in [0.25, 0.3) is 10.4 Å². The molecular weight excluding hydrogens is 120 g/mol. The third kappa shape index (κ3) is 1.62. The molecule has 0 fully saturated rings. The average molecular weight is 126 g/mol. The largest absolute Gasteiger partial charge is 0.395 e. The van der Waals surface area contributed by atoms with Gasteiger partial charge in [0.05, 0.1) is 12.3 Å². The SMILES string of the molecule is [N-]=[N+]=NCC1=NOCC1. The zero-order valence-corrected chi connectivity index (χ0v) is 4.82. The molecule has 1 aliphatic heterocycles. The fourth-order valence-electron chi connectivity index (χ4n) is 0.567. The molecule has 48 valence electrons. The van der Waals surface area contributed by atoms with Crippen LogP contribution in [0.15, 0.2) is 10.3 Å². The second kappa shape index (κ2) is 2.94. The summed E-state index contributed by atoms with van der Waals surface area (Å²) in [5, 5.41) is 6.95. The van der Waals surface area contributed by atoms with Crippen LogP contribution in [0.4, 0.5) is 0 Å². The Morgan fingerprint density at radius 2 is 2.78 bits per heavy atom. The lowest BCUT2D eigenvalue weighted by molar-refractivity contribution is 0.173. The molecule has 1 aliphatic rings. The molecule has 0 unspecified atom stereocenters. The molecule has 5 heteroatoms. The maximum absolute atomic E-state index is 7.89. The maximum atomic E-state index is 7.89. The number of nitrogens with zero attached hydrogens (tertiary/aromatic N) is 4. The van der Waals surface area contributed by atoms with E-state index in [1.165, 1.54) is 0 Å². The number of azide groups is 1. The van der Waals surface area contributed by atoms with Gasteiger partial charge in [-0.3, -0.25) is 0 Å². The van der Waals surface area contributed by atoms with Crippen LogP contribution in [-0.2, 0) is 4.84 Å². The first-order valence-electron chi connectivity index (χ1n) is 2.62. The van der Waals surface area contributed by atoms with Crippen LogP contribution < -0.4 is 0 Å². The van der Waals surface area contributed by atoms with Gasteiger partial charge < -0.3 is 4.84 Å². The summed E-state index contributed by atoms with van der Waals surface area (Å²) in [5.74, 6) is 0. The molecule has 0 atom stereocenters. The maximum Gasteiger partial charge on any atom is 0.122 e. The van der Waals surface area contributed by atoms with Gasteiger partial charge in [-0.2, -0.15) is 0 Å². The van der Waals surface area contributed by atoms with E-state index in [4.69, 9.17) is 5.53 Å².